The van der Waals surface area contributed by atoms with Gasteiger partial charge >= 0.3 is 0 Å². The van der Waals surface area contributed by atoms with Gasteiger partial charge in [-0.2, -0.15) is 0 Å². The second kappa shape index (κ2) is 7.30. The third kappa shape index (κ3) is 4.75. The van der Waals surface area contributed by atoms with E-state index in [-0.39, 0.29) is 12.1 Å². The average Bonchev–Trinajstić information content (AvgIpc) is 2.29. The molecule has 0 saturated heterocycles. The van der Waals surface area contributed by atoms with E-state index in [4.69, 9.17) is 4.74 Å². The normalized spacial score (nSPS) is 14.4. The molecule has 1 rings (SSSR count). The number of aliphatic hydroxyl groups excluding tert-OH is 1. The van der Waals surface area contributed by atoms with Crippen LogP contribution < -0.4 is 10.1 Å². The summed E-state index contributed by atoms with van der Waals surface area (Å²) in [6.45, 7) is 7.47. The molecule has 2 N–H and O–H groups in total. The highest BCUT2D eigenvalue weighted by Gasteiger charge is 2.10. The van der Waals surface area contributed by atoms with Crippen molar-refractivity contribution in [1.29, 1.82) is 0 Å². The summed E-state index contributed by atoms with van der Waals surface area (Å²) in [5, 5.41) is 12.6. The van der Waals surface area contributed by atoms with Crippen molar-refractivity contribution in [1.82, 2.24) is 5.32 Å². The van der Waals surface area contributed by atoms with E-state index in [1.807, 2.05) is 18.2 Å². The number of nitrogens with one attached hydrogen (secondary N) is 1. The number of hydrogen-bond donors (Lipinski definition) is 2. The molecule has 1 aromatic rings. The minimum Gasteiger partial charge on any atom is -0.493 e. The Balaban J connectivity index is 2.63. The standard InChI is InChI=1S/C14H23NO2/c1-4-15-12(3)13-7-5-6-8-14(13)17-10-9-11(2)16/h5-8,11-12,15-16H,4,9-10H2,1-3H3. The number of benzene rings is 1. The van der Waals surface area contributed by atoms with Gasteiger partial charge in [0, 0.05) is 18.0 Å². The zero-order chi connectivity index (χ0) is 12.7. The first-order valence-corrected chi connectivity index (χ1v) is 6.28. The lowest BCUT2D eigenvalue weighted by molar-refractivity contribution is 0.155. The van der Waals surface area contributed by atoms with E-state index in [1.165, 1.54) is 5.56 Å². The van der Waals surface area contributed by atoms with Gasteiger partial charge in [-0.25, -0.2) is 0 Å². The Morgan fingerprint density at radius 3 is 2.65 bits per heavy atom. The lowest BCUT2D eigenvalue weighted by atomic mass is 10.1. The largest absolute Gasteiger partial charge is 0.493 e. The minimum absolute atomic E-state index is 0.280. The molecule has 3 heteroatoms. The van der Waals surface area contributed by atoms with Gasteiger partial charge in [0.2, 0.25) is 0 Å². The molecule has 0 aliphatic carbocycles. The van der Waals surface area contributed by atoms with Crippen molar-refractivity contribution >= 4 is 0 Å². The van der Waals surface area contributed by atoms with E-state index in [9.17, 15) is 5.11 Å². The van der Waals surface area contributed by atoms with Crippen molar-refractivity contribution < 1.29 is 9.84 Å². The number of rotatable bonds is 7. The molecule has 3 nitrogen and oxygen atoms in total. The molecule has 0 fully saturated rings. The first kappa shape index (κ1) is 14.0. The fourth-order valence-corrected chi connectivity index (χ4v) is 1.73. The Kier molecular flexibility index (Phi) is 6.01. The molecule has 0 saturated carbocycles. The van der Waals surface area contributed by atoms with Crippen LogP contribution in [-0.4, -0.2) is 24.4 Å². The first-order chi connectivity index (χ1) is 8.15. The molecule has 17 heavy (non-hydrogen) atoms. The molecule has 0 radical (unpaired) electrons. The van der Waals surface area contributed by atoms with Gasteiger partial charge in [-0.05, 0) is 26.5 Å². The quantitative estimate of drug-likeness (QED) is 0.765. The summed E-state index contributed by atoms with van der Waals surface area (Å²) in [5.74, 6) is 0.904. The average molecular weight is 237 g/mol. The zero-order valence-electron chi connectivity index (χ0n) is 10.9. The number of aliphatic hydroxyl groups is 1. The van der Waals surface area contributed by atoms with Gasteiger partial charge < -0.3 is 15.2 Å². The molecule has 0 amide bonds. The third-order valence-electron chi connectivity index (χ3n) is 2.69. The van der Waals surface area contributed by atoms with Crippen LogP contribution >= 0.6 is 0 Å². The number of ether oxygens (including phenoxy) is 1. The fraction of sp³-hybridized carbons (Fsp3) is 0.571. The van der Waals surface area contributed by atoms with Crippen LogP contribution in [-0.2, 0) is 0 Å². The van der Waals surface area contributed by atoms with Gasteiger partial charge in [0.15, 0.2) is 0 Å². The van der Waals surface area contributed by atoms with Crippen molar-refractivity contribution in [2.45, 2.75) is 39.3 Å². The Bertz CT molecular complexity index is 326. The van der Waals surface area contributed by atoms with E-state index in [0.717, 1.165) is 12.3 Å². The summed E-state index contributed by atoms with van der Waals surface area (Å²) in [4.78, 5) is 0. The van der Waals surface area contributed by atoms with Crippen LogP contribution in [0.5, 0.6) is 5.75 Å². The Morgan fingerprint density at radius 1 is 1.29 bits per heavy atom. The van der Waals surface area contributed by atoms with Crippen LogP contribution in [0.2, 0.25) is 0 Å². The maximum absolute atomic E-state index is 9.20. The molecule has 2 unspecified atom stereocenters. The van der Waals surface area contributed by atoms with Crippen molar-refractivity contribution in [3.05, 3.63) is 29.8 Å². The first-order valence-electron chi connectivity index (χ1n) is 6.28. The van der Waals surface area contributed by atoms with Crippen LogP contribution in [0, 0.1) is 0 Å². The van der Waals surface area contributed by atoms with Crippen LogP contribution in [0.1, 0.15) is 38.8 Å². The van der Waals surface area contributed by atoms with Gasteiger partial charge in [0.1, 0.15) is 5.75 Å². The summed E-state index contributed by atoms with van der Waals surface area (Å²) in [5.41, 5.74) is 1.17. The van der Waals surface area contributed by atoms with Crippen molar-refractivity contribution in [3.63, 3.8) is 0 Å². The molecule has 0 heterocycles. The predicted octanol–water partition coefficient (Wildman–Crippen LogP) is 2.51. The van der Waals surface area contributed by atoms with E-state index in [0.29, 0.717) is 13.0 Å². The van der Waals surface area contributed by atoms with E-state index in [2.05, 4.69) is 25.2 Å². The number of hydrogen-bond acceptors (Lipinski definition) is 3. The van der Waals surface area contributed by atoms with Crippen molar-refractivity contribution in [2.24, 2.45) is 0 Å². The highest BCUT2D eigenvalue weighted by atomic mass is 16.5. The molecule has 0 aliphatic heterocycles. The molecule has 1 aromatic carbocycles. The van der Waals surface area contributed by atoms with E-state index >= 15 is 0 Å². The van der Waals surface area contributed by atoms with Crippen molar-refractivity contribution in [2.75, 3.05) is 13.2 Å². The molecule has 0 aliphatic rings. The molecule has 0 aromatic heterocycles. The maximum atomic E-state index is 9.20. The molecule has 2 atom stereocenters. The van der Waals surface area contributed by atoms with Crippen molar-refractivity contribution in [3.8, 4) is 5.75 Å². The second-order valence-electron chi connectivity index (χ2n) is 4.30. The van der Waals surface area contributed by atoms with E-state index in [1.54, 1.807) is 6.92 Å². The highest BCUT2D eigenvalue weighted by molar-refractivity contribution is 5.35. The summed E-state index contributed by atoms with van der Waals surface area (Å²) in [6.07, 6.45) is 0.345. The SMILES string of the molecule is CCNC(C)c1ccccc1OCCC(C)O. The van der Waals surface area contributed by atoms with Crippen LogP contribution in [0.3, 0.4) is 0 Å². The molecule has 0 bridgehead atoms. The molecule has 0 spiro atoms. The van der Waals surface area contributed by atoms with Gasteiger partial charge in [-0.3, -0.25) is 0 Å². The van der Waals surface area contributed by atoms with Gasteiger partial charge in [-0.1, -0.05) is 25.1 Å². The summed E-state index contributed by atoms with van der Waals surface area (Å²) < 4.78 is 5.72. The Morgan fingerprint density at radius 2 is 2.00 bits per heavy atom. The Labute approximate surface area is 104 Å². The third-order valence-corrected chi connectivity index (χ3v) is 2.69. The Hall–Kier alpha value is -1.06. The summed E-state index contributed by atoms with van der Waals surface area (Å²) >= 11 is 0. The number of para-hydroxylation sites is 1. The zero-order valence-corrected chi connectivity index (χ0v) is 10.9. The smallest absolute Gasteiger partial charge is 0.124 e. The van der Waals surface area contributed by atoms with Crippen LogP contribution in [0.15, 0.2) is 24.3 Å². The molecular formula is C14H23NO2. The van der Waals surface area contributed by atoms with Gasteiger partial charge in [0.25, 0.3) is 0 Å². The van der Waals surface area contributed by atoms with Gasteiger partial charge in [-0.15, -0.1) is 0 Å². The summed E-state index contributed by atoms with van der Waals surface area (Å²) in [6, 6.07) is 8.32. The molecular weight excluding hydrogens is 214 g/mol. The monoisotopic (exact) mass is 237 g/mol. The lowest BCUT2D eigenvalue weighted by Crippen LogP contribution is -2.19. The van der Waals surface area contributed by atoms with Crippen LogP contribution in [0.4, 0.5) is 0 Å². The van der Waals surface area contributed by atoms with Gasteiger partial charge in [0.05, 0.1) is 12.7 Å². The second-order valence-corrected chi connectivity index (χ2v) is 4.30. The summed E-state index contributed by atoms with van der Waals surface area (Å²) in [7, 11) is 0. The minimum atomic E-state index is -0.312. The lowest BCUT2D eigenvalue weighted by Gasteiger charge is -2.17. The van der Waals surface area contributed by atoms with Crippen LogP contribution in [0.25, 0.3) is 0 Å². The maximum Gasteiger partial charge on any atom is 0.124 e. The molecule has 96 valence electrons. The van der Waals surface area contributed by atoms with E-state index < -0.39 is 0 Å². The fourth-order valence-electron chi connectivity index (χ4n) is 1.73. The highest BCUT2D eigenvalue weighted by Crippen LogP contribution is 2.24. The predicted molar refractivity (Wildman–Crippen MR) is 70.3 cm³/mol. The topological polar surface area (TPSA) is 41.5 Å².